The Morgan fingerprint density at radius 1 is 1.00 bits per heavy atom. The average Bonchev–Trinajstić information content (AvgIpc) is 1.61. The first kappa shape index (κ1) is 10.6. The maximum atomic E-state index is 9.55. The van der Waals surface area contributed by atoms with Crippen molar-refractivity contribution < 1.29 is 19.8 Å². The second-order valence-electron chi connectivity index (χ2n) is 1.01. The number of hydrogen-bond donors (Lipinski definition) is 2. The van der Waals surface area contributed by atoms with E-state index in [-0.39, 0.29) is 7.43 Å². The quantitative estimate of drug-likeness (QED) is 0.531. The summed E-state index contributed by atoms with van der Waals surface area (Å²) in [6, 6.07) is 0. The molecule has 0 rings (SSSR count). The molecular weight excluding hydrogens is 124 g/mol. The van der Waals surface area contributed by atoms with Gasteiger partial charge in [0.05, 0.1) is 0 Å². The van der Waals surface area contributed by atoms with Gasteiger partial charge in [-0.3, -0.25) is 0 Å². The Balaban J connectivity index is 0. The van der Waals surface area contributed by atoms with Crippen molar-refractivity contribution in [2.45, 2.75) is 7.43 Å². The largest absolute Gasteiger partial charge is 0.478 e. The summed E-state index contributed by atoms with van der Waals surface area (Å²) in [4.78, 5) is 19.1. The lowest BCUT2D eigenvalue weighted by Gasteiger charge is -1.74. The Labute approximate surface area is 52.4 Å². The highest BCUT2D eigenvalue weighted by molar-refractivity contribution is 5.89. The fourth-order valence-electron chi connectivity index (χ4n) is 0.143. The average molecular weight is 132 g/mol. The van der Waals surface area contributed by atoms with Crippen LogP contribution in [0.25, 0.3) is 0 Å². The molecular formula is C5H8O4. The Kier molecular flexibility index (Phi) is 5.70. The van der Waals surface area contributed by atoms with Crippen molar-refractivity contribution in [1.29, 1.82) is 0 Å². The smallest absolute Gasteiger partial charge is 0.328 e. The van der Waals surface area contributed by atoms with Crippen molar-refractivity contribution in [3.05, 3.63) is 12.2 Å². The minimum Gasteiger partial charge on any atom is -0.478 e. The molecule has 52 valence electrons. The Morgan fingerprint density at radius 2 is 1.22 bits per heavy atom. The van der Waals surface area contributed by atoms with Crippen molar-refractivity contribution in [2.24, 2.45) is 0 Å². The van der Waals surface area contributed by atoms with Crippen LogP contribution in [0.3, 0.4) is 0 Å². The van der Waals surface area contributed by atoms with Gasteiger partial charge in [0, 0.05) is 12.2 Å². The van der Waals surface area contributed by atoms with E-state index in [1.165, 1.54) is 0 Å². The van der Waals surface area contributed by atoms with Gasteiger partial charge in [0.15, 0.2) is 0 Å². The highest BCUT2D eigenvalue weighted by Gasteiger charge is 1.88. The summed E-state index contributed by atoms with van der Waals surface area (Å²) in [7, 11) is 0. The van der Waals surface area contributed by atoms with E-state index in [2.05, 4.69) is 0 Å². The Hall–Kier alpha value is -1.32. The molecule has 0 fully saturated rings. The van der Waals surface area contributed by atoms with Crippen molar-refractivity contribution in [3.8, 4) is 0 Å². The number of aliphatic carboxylic acids is 2. The highest BCUT2D eigenvalue weighted by Crippen LogP contribution is 1.70. The number of carboxylic acid groups (broad SMARTS) is 2. The van der Waals surface area contributed by atoms with Crippen LogP contribution >= 0.6 is 0 Å². The van der Waals surface area contributed by atoms with Gasteiger partial charge in [0.25, 0.3) is 0 Å². The van der Waals surface area contributed by atoms with Crippen molar-refractivity contribution in [2.75, 3.05) is 0 Å². The molecule has 0 aromatic heterocycles. The number of carbonyl (C=O) groups is 2. The van der Waals surface area contributed by atoms with E-state index < -0.39 is 11.9 Å². The zero-order valence-electron chi connectivity index (χ0n) is 3.87. The summed E-state index contributed by atoms with van der Waals surface area (Å²) in [6.45, 7) is 0. The lowest BCUT2D eigenvalue weighted by Crippen LogP contribution is -1.91. The molecule has 0 saturated heterocycles. The third kappa shape index (κ3) is 10.8. The number of rotatable bonds is 2. The molecule has 0 aliphatic rings. The molecule has 0 atom stereocenters. The molecule has 0 aliphatic carbocycles. The maximum Gasteiger partial charge on any atom is 0.328 e. The lowest BCUT2D eigenvalue weighted by molar-refractivity contribution is -0.134. The van der Waals surface area contributed by atoms with Crippen LogP contribution in [0.4, 0.5) is 0 Å². The minimum absolute atomic E-state index is 0. The first-order valence-electron chi connectivity index (χ1n) is 1.77. The maximum absolute atomic E-state index is 9.55. The molecule has 0 unspecified atom stereocenters. The molecule has 9 heavy (non-hydrogen) atoms. The fourth-order valence-corrected chi connectivity index (χ4v) is 0.143. The Bertz CT molecular complexity index is 120. The van der Waals surface area contributed by atoms with Crippen LogP contribution in [0, 0.1) is 0 Å². The topological polar surface area (TPSA) is 74.6 Å². The monoisotopic (exact) mass is 132 g/mol. The van der Waals surface area contributed by atoms with E-state index in [1.807, 2.05) is 0 Å². The third-order valence-electron chi connectivity index (χ3n) is 0.368. The van der Waals surface area contributed by atoms with Gasteiger partial charge < -0.3 is 10.2 Å². The Morgan fingerprint density at radius 3 is 1.33 bits per heavy atom. The van der Waals surface area contributed by atoms with Gasteiger partial charge in [-0.05, 0) is 0 Å². The summed E-state index contributed by atoms with van der Waals surface area (Å²) < 4.78 is 0. The van der Waals surface area contributed by atoms with Crippen LogP contribution < -0.4 is 0 Å². The molecule has 0 saturated carbocycles. The van der Waals surface area contributed by atoms with Gasteiger partial charge in [0.1, 0.15) is 0 Å². The zero-order chi connectivity index (χ0) is 6.57. The van der Waals surface area contributed by atoms with Crippen LogP contribution in [0.2, 0.25) is 0 Å². The van der Waals surface area contributed by atoms with Crippen LogP contribution in [0.15, 0.2) is 12.2 Å². The number of hydrogen-bond acceptors (Lipinski definition) is 2. The summed E-state index contributed by atoms with van der Waals surface area (Å²) in [5.41, 5.74) is 0. The van der Waals surface area contributed by atoms with Crippen molar-refractivity contribution in [1.82, 2.24) is 0 Å². The highest BCUT2D eigenvalue weighted by atomic mass is 16.4. The van der Waals surface area contributed by atoms with Gasteiger partial charge >= 0.3 is 11.9 Å². The molecule has 0 spiro atoms. The summed E-state index contributed by atoms with van der Waals surface area (Å²) in [5, 5.41) is 15.6. The van der Waals surface area contributed by atoms with Gasteiger partial charge in [-0.2, -0.15) is 0 Å². The third-order valence-corrected chi connectivity index (χ3v) is 0.368. The standard InChI is InChI=1S/C4H4O4.CH4/c5-3(6)1-2-4(7)8;/h1-2H,(H,5,6)(H,7,8);1H4/b2-1-;. The van der Waals surface area contributed by atoms with E-state index in [0.717, 1.165) is 0 Å². The van der Waals surface area contributed by atoms with Crippen LogP contribution in [-0.4, -0.2) is 22.2 Å². The van der Waals surface area contributed by atoms with Crippen LogP contribution in [0.5, 0.6) is 0 Å². The molecule has 0 aromatic carbocycles. The van der Waals surface area contributed by atoms with Crippen molar-refractivity contribution >= 4 is 11.9 Å². The summed E-state index contributed by atoms with van der Waals surface area (Å²) in [5.74, 6) is -2.51. The van der Waals surface area contributed by atoms with E-state index in [9.17, 15) is 9.59 Å². The lowest BCUT2D eigenvalue weighted by atomic mass is 10.5. The molecule has 0 heterocycles. The van der Waals surface area contributed by atoms with E-state index >= 15 is 0 Å². The van der Waals surface area contributed by atoms with E-state index in [0.29, 0.717) is 12.2 Å². The second kappa shape index (κ2) is 4.83. The normalized spacial score (nSPS) is 8.44. The van der Waals surface area contributed by atoms with Gasteiger partial charge in [-0.15, -0.1) is 0 Å². The second-order valence-corrected chi connectivity index (χ2v) is 1.01. The first-order chi connectivity index (χ1) is 3.63. The van der Waals surface area contributed by atoms with Gasteiger partial charge in [-0.1, -0.05) is 7.43 Å². The molecule has 0 aliphatic heterocycles. The SMILES string of the molecule is C.O=C(O)/C=C\C(=O)O. The molecule has 0 amide bonds. The van der Waals surface area contributed by atoms with E-state index in [4.69, 9.17) is 10.2 Å². The summed E-state index contributed by atoms with van der Waals surface area (Å²) >= 11 is 0. The molecule has 0 radical (unpaired) electrons. The van der Waals surface area contributed by atoms with Gasteiger partial charge in [0.2, 0.25) is 0 Å². The summed E-state index contributed by atoms with van der Waals surface area (Å²) in [6.07, 6.45) is 1.12. The van der Waals surface area contributed by atoms with Crippen LogP contribution in [0.1, 0.15) is 7.43 Å². The zero-order valence-corrected chi connectivity index (χ0v) is 3.87. The molecule has 4 nitrogen and oxygen atoms in total. The van der Waals surface area contributed by atoms with Gasteiger partial charge in [-0.25, -0.2) is 9.59 Å². The predicted octanol–water partition coefficient (Wildman–Crippen LogP) is 0.348. The fraction of sp³-hybridized carbons (Fsp3) is 0.200. The predicted molar refractivity (Wildman–Crippen MR) is 31.1 cm³/mol. The number of carboxylic acids is 2. The molecule has 0 bridgehead atoms. The molecule has 2 N–H and O–H groups in total. The molecule has 0 aromatic rings. The van der Waals surface area contributed by atoms with E-state index in [1.54, 1.807) is 0 Å². The van der Waals surface area contributed by atoms with Crippen LogP contribution in [-0.2, 0) is 9.59 Å². The minimum atomic E-state index is -1.26. The van der Waals surface area contributed by atoms with Crippen molar-refractivity contribution in [3.63, 3.8) is 0 Å². The molecule has 4 heteroatoms. The first-order valence-corrected chi connectivity index (χ1v) is 1.77.